The van der Waals surface area contributed by atoms with E-state index in [4.69, 9.17) is 4.98 Å². The molecule has 0 aliphatic rings. The second kappa shape index (κ2) is 6.10. The van der Waals surface area contributed by atoms with Crippen molar-refractivity contribution in [1.82, 2.24) is 14.9 Å². The third-order valence-corrected chi connectivity index (χ3v) is 3.87. The fourth-order valence-electron chi connectivity index (χ4n) is 2.47. The van der Waals surface area contributed by atoms with Crippen LogP contribution in [0.5, 0.6) is 0 Å². The maximum Gasteiger partial charge on any atom is 0.128 e. The van der Waals surface area contributed by atoms with Crippen molar-refractivity contribution in [3.63, 3.8) is 0 Å². The maximum atomic E-state index is 4.80. The highest BCUT2D eigenvalue weighted by Crippen LogP contribution is 2.21. The Morgan fingerprint density at radius 1 is 1.05 bits per heavy atom. The minimum absolute atomic E-state index is 0.494. The highest BCUT2D eigenvalue weighted by atomic mass is 15.1. The molecule has 0 radical (unpaired) electrons. The lowest BCUT2D eigenvalue weighted by atomic mass is 10.2. The number of hydrogen-bond donors (Lipinski definition) is 1. The van der Waals surface area contributed by atoms with Gasteiger partial charge in [-0.3, -0.25) is 4.57 Å². The molecule has 0 aliphatic heterocycles. The molecular formula is C18H21N3. The van der Waals surface area contributed by atoms with Gasteiger partial charge in [0.05, 0.1) is 17.6 Å². The van der Waals surface area contributed by atoms with Gasteiger partial charge in [0.25, 0.3) is 0 Å². The topological polar surface area (TPSA) is 29.9 Å². The van der Waals surface area contributed by atoms with Gasteiger partial charge in [0.15, 0.2) is 0 Å². The molecule has 3 rings (SSSR count). The first-order valence-electron chi connectivity index (χ1n) is 7.54. The molecule has 0 bridgehead atoms. The van der Waals surface area contributed by atoms with Crippen molar-refractivity contribution in [2.45, 2.75) is 32.9 Å². The summed E-state index contributed by atoms with van der Waals surface area (Å²) in [6, 6.07) is 19.2. The molecule has 3 heteroatoms. The van der Waals surface area contributed by atoms with E-state index < -0.39 is 0 Å². The molecule has 0 saturated carbocycles. The first-order valence-corrected chi connectivity index (χ1v) is 7.54. The molecular weight excluding hydrogens is 258 g/mol. The summed E-state index contributed by atoms with van der Waals surface area (Å²) in [6.45, 7) is 5.17. The number of nitrogens with one attached hydrogen (secondary N) is 1. The van der Waals surface area contributed by atoms with E-state index >= 15 is 0 Å². The second-order valence-electron chi connectivity index (χ2n) is 5.38. The second-order valence-corrected chi connectivity index (χ2v) is 5.38. The van der Waals surface area contributed by atoms with Crippen molar-refractivity contribution < 1.29 is 0 Å². The highest BCUT2D eigenvalue weighted by Gasteiger charge is 2.12. The molecule has 1 heterocycles. The lowest BCUT2D eigenvalue weighted by Crippen LogP contribution is -2.26. The van der Waals surface area contributed by atoms with Gasteiger partial charge in [0.2, 0.25) is 0 Å². The number of benzene rings is 2. The normalized spacial score (nSPS) is 12.7. The van der Waals surface area contributed by atoms with Gasteiger partial charge in [0, 0.05) is 11.7 Å². The van der Waals surface area contributed by atoms with Crippen LogP contribution in [0.15, 0.2) is 54.6 Å². The van der Waals surface area contributed by atoms with E-state index in [9.17, 15) is 0 Å². The Balaban J connectivity index is 2.06. The van der Waals surface area contributed by atoms with Crippen LogP contribution in [-0.2, 0) is 6.54 Å². The van der Waals surface area contributed by atoms with Gasteiger partial charge in [-0.05, 0) is 37.6 Å². The lowest BCUT2D eigenvalue weighted by Gasteiger charge is -2.13. The smallest absolute Gasteiger partial charge is 0.128 e. The van der Waals surface area contributed by atoms with E-state index in [-0.39, 0.29) is 0 Å². The van der Waals surface area contributed by atoms with Gasteiger partial charge < -0.3 is 5.32 Å². The zero-order chi connectivity index (χ0) is 14.7. The van der Waals surface area contributed by atoms with Gasteiger partial charge in [-0.1, -0.05) is 37.3 Å². The summed E-state index contributed by atoms with van der Waals surface area (Å²) >= 11 is 0. The first kappa shape index (κ1) is 13.8. The molecule has 3 aromatic rings. The summed E-state index contributed by atoms with van der Waals surface area (Å²) in [5.74, 6) is 1.06. The Morgan fingerprint density at radius 2 is 1.76 bits per heavy atom. The Hall–Kier alpha value is -2.13. The van der Waals surface area contributed by atoms with Crippen LogP contribution in [0.2, 0.25) is 0 Å². The van der Waals surface area contributed by atoms with Crippen molar-refractivity contribution in [2.24, 2.45) is 0 Å². The van der Waals surface area contributed by atoms with Gasteiger partial charge in [0.1, 0.15) is 5.82 Å². The molecule has 2 aromatic carbocycles. The summed E-state index contributed by atoms with van der Waals surface area (Å²) in [5, 5.41) is 3.54. The van der Waals surface area contributed by atoms with Crippen molar-refractivity contribution >= 4 is 11.0 Å². The van der Waals surface area contributed by atoms with E-state index in [0.717, 1.165) is 35.5 Å². The van der Waals surface area contributed by atoms with Crippen LogP contribution < -0.4 is 5.32 Å². The minimum atomic E-state index is 0.494. The lowest BCUT2D eigenvalue weighted by molar-refractivity contribution is 0.521. The molecule has 3 nitrogen and oxygen atoms in total. The van der Waals surface area contributed by atoms with Gasteiger partial charge in [-0.15, -0.1) is 0 Å². The number of nitrogens with zero attached hydrogens (tertiary/aromatic N) is 2. The van der Waals surface area contributed by atoms with E-state index in [2.05, 4.69) is 66.2 Å². The number of imidazole rings is 1. The van der Waals surface area contributed by atoms with E-state index in [1.54, 1.807) is 0 Å². The number of fused-ring (bicyclic) bond motifs is 1. The number of hydrogen-bond acceptors (Lipinski definition) is 2. The molecule has 1 aromatic heterocycles. The zero-order valence-corrected chi connectivity index (χ0v) is 12.6. The van der Waals surface area contributed by atoms with Crippen LogP contribution in [0.25, 0.3) is 16.7 Å². The van der Waals surface area contributed by atoms with Crippen LogP contribution in [0, 0.1) is 0 Å². The molecule has 1 N–H and O–H groups in total. The van der Waals surface area contributed by atoms with Crippen molar-refractivity contribution in [1.29, 1.82) is 0 Å². The Morgan fingerprint density at radius 3 is 2.52 bits per heavy atom. The van der Waals surface area contributed by atoms with E-state index in [0.29, 0.717) is 6.04 Å². The number of rotatable bonds is 5. The summed E-state index contributed by atoms with van der Waals surface area (Å²) in [6.07, 6.45) is 1.12. The zero-order valence-electron chi connectivity index (χ0n) is 12.6. The number of aromatic nitrogens is 2. The predicted octanol–water partition coefficient (Wildman–Crippen LogP) is 3.91. The van der Waals surface area contributed by atoms with Crippen molar-refractivity contribution in [3.8, 4) is 5.69 Å². The Labute approximate surface area is 125 Å². The number of para-hydroxylation sites is 3. The third kappa shape index (κ3) is 2.83. The Bertz CT molecular complexity index is 716. The monoisotopic (exact) mass is 279 g/mol. The fraction of sp³-hybridized carbons (Fsp3) is 0.278. The molecule has 0 aliphatic carbocycles. The standard InChI is InChI=1S/C18H21N3/c1-3-14(2)19-13-18-20-16-11-7-8-12-17(16)21(18)15-9-5-4-6-10-15/h4-12,14,19H,3,13H2,1-2H3. The van der Waals surface area contributed by atoms with Crippen LogP contribution in [-0.4, -0.2) is 15.6 Å². The summed E-state index contributed by atoms with van der Waals surface area (Å²) in [4.78, 5) is 4.80. The summed E-state index contributed by atoms with van der Waals surface area (Å²) < 4.78 is 2.24. The molecule has 108 valence electrons. The van der Waals surface area contributed by atoms with Gasteiger partial charge in [-0.25, -0.2) is 4.98 Å². The first-order chi connectivity index (χ1) is 10.3. The average molecular weight is 279 g/mol. The van der Waals surface area contributed by atoms with Crippen LogP contribution in [0.3, 0.4) is 0 Å². The van der Waals surface area contributed by atoms with Gasteiger partial charge >= 0.3 is 0 Å². The Kier molecular flexibility index (Phi) is 4.02. The van der Waals surface area contributed by atoms with Crippen LogP contribution in [0.1, 0.15) is 26.1 Å². The van der Waals surface area contributed by atoms with E-state index in [1.807, 2.05) is 12.1 Å². The summed E-state index contributed by atoms with van der Waals surface area (Å²) in [7, 11) is 0. The molecule has 0 spiro atoms. The molecule has 0 amide bonds. The van der Waals surface area contributed by atoms with E-state index in [1.165, 1.54) is 0 Å². The van der Waals surface area contributed by atoms with Crippen molar-refractivity contribution in [2.75, 3.05) is 0 Å². The highest BCUT2D eigenvalue weighted by molar-refractivity contribution is 5.78. The quantitative estimate of drug-likeness (QED) is 0.767. The fourth-order valence-corrected chi connectivity index (χ4v) is 2.47. The molecule has 1 unspecified atom stereocenters. The summed E-state index contributed by atoms with van der Waals surface area (Å²) in [5.41, 5.74) is 3.36. The third-order valence-electron chi connectivity index (χ3n) is 3.87. The van der Waals surface area contributed by atoms with Gasteiger partial charge in [-0.2, -0.15) is 0 Å². The van der Waals surface area contributed by atoms with Crippen LogP contribution in [0.4, 0.5) is 0 Å². The molecule has 0 saturated heterocycles. The van der Waals surface area contributed by atoms with Crippen LogP contribution >= 0.6 is 0 Å². The molecule has 0 fully saturated rings. The largest absolute Gasteiger partial charge is 0.307 e. The van der Waals surface area contributed by atoms with Crippen molar-refractivity contribution in [3.05, 3.63) is 60.4 Å². The maximum absolute atomic E-state index is 4.80. The predicted molar refractivity (Wildman–Crippen MR) is 87.7 cm³/mol. The molecule has 1 atom stereocenters. The minimum Gasteiger partial charge on any atom is -0.307 e. The molecule has 21 heavy (non-hydrogen) atoms. The SMILES string of the molecule is CCC(C)NCc1nc2ccccc2n1-c1ccccc1. The average Bonchev–Trinajstić information content (AvgIpc) is 2.91.